The number of halogens is 2. The summed E-state index contributed by atoms with van der Waals surface area (Å²) in [7, 11) is 0. The lowest BCUT2D eigenvalue weighted by molar-refractivity contribution is 0.0951. The summed E-state index contributed by atoms with van der Waals surface area (Å²) in [6, 6.07) is 18.7. The topological polar surface area (TPSA) is 58.2 Å². The molecule has 136 valence electrons. The quantitative estimate of drug-likeness (QED) is 0.713. The van der Waals surface area contributed by atoms with Crippen LogP contribution in [0.15, 0.2) is 72.8 Å². The van der Waals surface area contributed by atoms with Crippen molar-refractivity contribution in [2.75, 3.05) is 5.32 Å². The maximum absolute atomic E-state index is 13.2. The van der Waals surface area contributed by atoms with E-state index in [9.17, 15) is 18.4 Å². The molecule has 0 bridgehead atoms. The van der Waals surface area contributed by atoms with E-state index in [0.29, 0.717) is 12.1 Å². The van der Waals surface area contributed by atoms with Gasteiger partial charge in [-0.1, -0.05) is 36.4 Å². The first-order valence-corrected chi connectivity index (χ1v) is 8.21. The van der Waals surface area contributed by atoms with Crippen molar-refractivity contribution in [1.29, 1.82) is 0 Å². The number of amides is 2. The van der Waals surface area contributed by atoms with Crippen LogP contribution in [0.1, 0.15) is 26.3 Å². The van der Waals surface area contributed by atoms with Crippen molar-refractivity contribution in [2.45, 2.75) is 6.54 Å². The molecule has 0 aliphatic heterocycles. The molecule has 0 aliphatic carbocycles. The first-order valence-electron chi connectivity index (χ1n) is 8.21. The molecule has 0 saturated heterocycles. The Hall–Kier alpha value is -3.54. The molecular weight excluding hydrogens is 350 g/mol. The highest BCUT2D eigenvalue weighted by atomic mass is 19.2. The Bertz CT molecular complexity index is 975. The highest BCUT2D eigenvalue weighted by Crippen LogP contribution is 2.15. The Balaban J connectivity index is 1.67. The zero-order valence-corrected chi connectivity index (χ0v) is 14.2. The van der Waals surface area contributed by atoms with Crippen molar-refractivity contribution in [3.63, 3.8) is 0 Å². The van der Waals surface area contributed by atoms with Crippen LogP contribution in [0, 0.1) is 11.6 Å². The molecule has 0 saturated carbocycles. The van der Waals surface area contributed by atoms with Crippen LogP contribution in [-0.4, -0.2) is 11.8 Å². The molecule has 0 atom stereocenters. The molecule has 0 unspecified atom stereocenters. The van der Waals surface area contributed by atoms with Gasteiger partial charge in [0.1, 0.15) is 0 Å². The van der Waals surface area contributed by atoms with Gasteiger partial charge in [-0.15, -0.1) is 0 Å². The van der Waals surface area contributed by atoms with Crippen molar-refractivity contribution >= 4 is 17.5 Å². The number of benzene rings is 3. The number of anilines is 1. The van der Waals surface area contributed by atoms with Gasteiger partial charge in [0.05, 0.1) is 0 Å². The van der Waals surface area contributed by atoms with Gasteiger partial charge in [0, 0.05) is 29.4 Å². The number of hydrogen-bond donors (Lipinski definition) is 2. The molecule has 0 aromatic heterocycles. The maximum atomic E-state index is 13.2. The molecule has 27 heavy (non-hydrogen) atoms. The molecule has 2 amide bonds. The highest BCUT2D eigenvalue weighted by molar-refractivity contribution is 6.06. The molecule has 0 spiro atoms. The SMILES string of the molecule is O=C(NCc1ccccc1)c1cccc(C(=O)Nc2ccc(F)c(F)c2)c1. The van der Waals surface area contributed by atoms with E-state index in [1.54, 1.807) is 12.1 Å². The van der Waals surface area contributed by atoms with Gasteiger partial charge in [0.15, 0.2) is 11.6 Å². The molecule has 0 fully saturated rings. The van der Waals surface area contributed by atoms with Gasteiger partial charge in [-0.25, -0.2) is 8.78 Å². The smallest absolute Gasteiger partial charge is 0.255 e. The van der Waals surface area contributed by atoms with Crippen LogP contribution in [0.2, 0.25) is 0 Å². The first kappa shape index (κ1) is 18.3. The lowest BCUT2D eigenvalue weighted by Gasteiger charge is -2.08. The second kappa shape index (κ2) is 8.23. The Morgan fingerprint density at radius 3 is 2.15 bits per heavy atom. The summed E-state index contributed by atoms with van der Waals surface area (Å²) in [6.45, 7) is 0.366. The van der Waals surface area contributed by atoms with Crippen LogP contribution in [0.25, 0.3) is 0 Å². The van der Waals surface area contributed by atoms with E-state index in [0.717, 1.165) is 17.7 Å². The van der Waals surface area contributed by atoms with Gasteiger partial charge >= 0.3 is 0 Å². The van der Waals surface area contributed by atoms with E-state index in [2.05, 4.69) is 10.6 Å². The highest BCUT2D eigenvalue weighted by Gasteiger charge is 2.12. The summed E-state index contributed by atoms with van der Waals surface area (Å²) in [5.41, 5.74) is 1.63. The summed E-state index contributed by atoms with van der Waals surface area (Å²) in [5, 5.41) is 5.26. The second-order valence-electron chi connectivity index (χ2n) is 5.83. The van der Waals surface area contributed by atoms with Crippen LogP contribution in [0.4, 0.5) is 14.5 Å². The standard InChI is InChI=1S/C21H16F2N2O2/c22-18-10-9-17(12-19(18)23)25-21(27)16-8-4-7-15(11-16)20(26)24-13-14-5-2-1-3-6-14/h1-12H,13H2,(H,24,26)(H,25,27). The molecule has 4 nitrogen and oxygen atoms in total. The predicted octanol–water partition coefficient (Wildman–Crippen LogP) is 4.15. The third-order valence-corrected chi connectivity index (χ3v) is 3.86. The zero-order chi connectivity index (χ0) is 19.2. The van der Waals surface area contributed by atoms with Crippen molar-refractivity contribution in [3.8, 4) is 0 Å². The molecule has 0 aliphatic rings. The van der Waals surface area contributed by atoms with E-state index in [1.165, 1.54) is 18.2 Å². The van der Waals surface area contributed by atoms with Gasteiger partial charge in [-0.3, -0.25) is 9.59 Å². The number of carbonyl (C=O) groups excluding carboxylic acids is 2. The van der Waals surface area contributed by atoms with Gasteiger partial charge in [-0.05, 0) is 35.9 Å². The lowest BCUT2D eigenvalue weighted by Crippen LogP contribution is -2.23. The number of hydrogen-bond acceptors (Lipinski definition) is 2. The summed E-state index contributed by atoms with van der Waals surface area (Å²) in [6.07, 6.45) is 0. The average molecular weight is 366 g/mol. The largest absolute Gasteiger partial charge is 0.348 e. The van der Waals surface area contributed by atoms with E-state index in [1.807, 2.05) is 30.3 Å². The number of rotatable bonds is 5. The first-order chi connectivity index (χ1) is 13.0. The van der Waals surface area contributed by atoms with Gasteiger partial charge in [0.25, 0.3) is 11.8 Å². The van der Waals surface area contributed by atoms with Crippen LogP contribution >= 0.6 is 0 Å². The molecular formula is C21H16F2N2O2. The summed E-state index contributed by atoms with van der Waals surface area (Å²) in [5.74, 6) is -2.90. The van der Waals surface area contributed by atoms with E-state index in [4.69, 9.17) is 0 Å². The van der Waals surface area contributed by atoms with Crippen LogP contribution in [0.3, 0.4) is 0 Å². The van der Waals surface area contributed by atoms with Crippen molar-refractivity contribution in [2.24, 2.45) is 0 Å². The molecule has 3 aromatic carbocycles. The summed E-state index contributed by atoms with van der Waals surface area (Å²) >= 11 is 0. The molecule has 6 heteroatoms. The molecule has 0 radical (unpaired) electrons. The zero-order valence-electron chi connectivity index (χ0n) is 14.2. The minimum absolute atomic E-state index is 0.123. The predicted molar refractivity (Wildman–Crippen MR) is 98.4 cm³/mol. The Morgan fingerprint density at radius 1 is 0.741 bits per heavy atom. The number of nitrogens with one attached hydrogen (secondary N) is 2. The van der Waals surface area contributed by atoms with Crippen molar-refractivity contribution in [1.82, 2.24) is 5.32 Å². The molecule has 3 rings (SSSR count). The Labute approximate surface area is 154 Å². The second-order valence-corrected chi connectivity index (χ2v) is 5.83. The minimum Gasteiger partial charge on any atom is -0.348 e. The fourth-order valence-corrected chi connectivity index (χ4v) is 2.46. The van der Waals surface area contributed by atoms with E-state index >= 15 is 0 Å². The van der Waals surface area contributed by atoms with Crippen molar-refractivity contribution in [3.05, 3.63) is 101 Å². The average Bonchev–Trinajstić information content (AvgIpc) is 2.70. The fraction of sp³-hybridized carbons (Fsp3) is 0.0476. The van der Waals surface area contributed by atoms with Gasteiger partial charge < -0.3 is 10.6 Å². The van der Waals surface area contributed by atoms with Gasteiger partial charge in [-0.2, -0.15) is 0 Å². The Morgan fingerprint density at radius 2 is 1.44 bits per heavy atom. The third kappa shape index (κ3) is 4.76. The minimum atomic E-state index is -1.05. The van der Waals surface area contributed by atoms with Crippen molar-refractivity contribution < 1.29 is 18.4 Å². The number of carbonyl (C=O) groups is 2. The maximum Gasteiger partial charge on any atom is 0.255 e. The van der Waals surface area contributed by atoms with Gasteiger partial charge in [0.2, 0.25) is 0 Å². The lowest BCUT2D eigenvalue weighted by atomic mass is 10.1. The normalized spacial score (nSPS) is 10.3. The molecule has 3 aromatic rings. The van der Waals surface area contributed by atoms with Crippen LogP contribution < -0.4 is 10.6 Å². The third-order valence-electron chi connectivity index (χ3n) is 3.86. The van der Waals surface area contributed by atoms with E-state index < -0.39 is 17.5 Å². The molecule has 2 N–H and O–H groups in total. The summed E-state index contributed by atoms with van der Waals surface area (Å²) in [4.78, 5) is 24.6. The monoisotopic (exact) mass is 366 g/mol. The van der Waals surface area contributed by atoms with E-state index in [-0.39, 0.29) is 17.2 Å². The van der Waals surface area contributed by atoms with Crippen LogP contribution in [-0.2, 0) is 6.54 Å². The van der Waals surface area contributed by atoms with Crippen LogP contribution in [0.5, 0.6) is 0 Å². The fourth-order valence-electron chi connectivity index (χ4n) is 2.46. The molecule has 0 heterocycles. The Kier molecular flexibility index (Phi) is 5.56. The summed E-state index contributed by atoms with van der Waals surface area (Å²) < 4.78 is 26.2.